The Hall–Kier alpha value is -0.980. The third kappa shape index (κ3) is 2.79. The van der Waals surface area contributed by atoms with Crippen LogP contribution in [0, 0.1) is 17.8 Å². The standard InChI is InChI=1S/C16H23N3O2S/c20-16(19-4-1-2-5-19)14-11-21-10-12-7-18(8-13(12)14)9-15-17-3-6-22-15/h3,6,12-14H,1-2,4-5,7-11H2/t12-,13-,14+/m0/s1. The first-order valence-corrected chi connectivity index (χ1v) is 9.16. The highest BCUT2D eigenvalue weighted by molar-refractivity contribution is 7.09. The lowest BCUT2D eigenvalue weighted by Gasteiger charge is -2.34. The van der Waals surface area contributed by atoms with Crippen molar-refractivity contribution < 1.29 is 9.53 Å². The SMILES string of the molecule is O=C([C@@H]1COC[C@@H]2CN(Cc3nccs3)C[C@@H]21)N1CCCC1. The zero-order chi connectivity index (χ0) is 14.9. The van der Waals surface area contributed by atoms with Crippen molar-refractivity contribution >= 4 is 17.2 Å². The number of carbonyl (C=O) groups excluding carboxylic acids is 1. The number of rotatable bonds is 3. The second-order valence-electron chi connectivity index (χ2n) is 6.72. The van der Waals surface area contributed by atoms with Crippen molar-refractivity contribution in [2.75, 3.05) is 39.4 Å². The van der Waals surface area contributed by atoms with Gasteiger partial charge in [0.25, 0.3) is 0 Å². The molecule has 3 atom stereocenters. The molecule has 22 heavy (non-hydrogen) atoms. The van der Waals surface area contributed by atoms with Gasteiger partial charge in [-0.1, -0.05) is 0 Å². The Kier molecular flexibility index (Phi) is 4.15. The average Bonchev–Trinajstić information content (AvgIpc) is 3.27. The third-order valence-corrected chi connectivity index (χ3v) is 6.06. The van der Waals surface area contributed by atoms with Gasteiger partial charge in [0, 0.05) is 37.8 Å². The van der Waals surface area contributed by atoms with E-state index in [0.717, 1.165) is 52.2 Å². The average molecular weight is 321 g/mol. The van der Waals surface area contributed by atoms with E-state index in [1.165, 1.54) is 5.01 Å². The summed E-state index contributed by atoms with van der Waals surface area (Å²) in [5.41, 5.74) is 0. The fourth-order valence-corrected chi connectivity index (χ4v) is 4.83. The minimum atomic E-state index is 0.0677. The lowest BCUT2D eigenvalue weighted by Crippen LogP contribution is -2.45. The number of hydrogen-bond acceptors (Lipinski definition) is 5. The van der Waals surface area contributed by atoms with E-state index in [2.05, 4.69) is 14.8 Å². The van der Waals surface area contributed by atoms with Crippen molar-refractivity contribution in [3.63, 3.8) is 0 Å². The number of fused-ring (bicyclic) bond motifs is 1. The number of nitrogens with zero attached hydrogens (tertiary/aromatic N) is 3. The summed E-state index contributed by atoms with van der Waals surface area (Å²) in [4.78, 5) is 21.7. The third-order valence-electron chi connectivity index (χ3n) is 5.29. The molecular formula is C16H23N3O2S. The summed E-state index contributed by atoms with van der Waals surface area (Å²) in [5, 5.41) is 3.20. The van der Waals surface area contributed by atoms with Gasteiger partial charge in [-0.25, -0.2) is 4.98 Å². The molecule has 0 radical (unpaired) electrons. The quantitative estimate of drug-likeness (QED) is 0.845. The van der Waals surface area contributed by atoms with Crippen LogP contribution in [0.2, 0.25) is 0 Å². The monoisotopic (exact) mass is 321 g/mol. The number of likely N-dealkylation sites (tertiary alicyclic amines) is 2. The van der Waals surface area contributed by atoms with Gasteiger partial charge in [0.1, 0.15) is 5.01 Å². The van der Waals surface area contributed by atoms with Crippen molar-refractivity contribution in [2.24, 2.45) is 17.8 Å². The maximum absolute atomic E-state index is 12.8. The molecule has 6 heteroatoms. The predicted octanol–water partition coefficient (Wildman–Crippen LogP) is 1.46. The van der Waals surface area contributed by atoms with Crippen molar-refractivity contribution in [2.45, 2.75) is 19.4 Å². The Balaban J connectivity index is 1.43. The highest BCUT2D eigenvalue weighted by atomic mass is 32.1. The molecule has 1 aromatic heterocycles. The lowest BCUT2D eigenvalue weighted by atomic mass is 9.82. The molecule has 0 bridgehead atoms. The molecule has 4 heterocycles. The molecule has 3 saturated heterocycles. The van der Waals surface area contributed by atoms with Crippen LogP contribution in [0.5, 0.6) is 0 Å². The van der Waals surface area contributed by atoms with Crippen LogP contribution in [-0.2, 0) is 16.1 Å². The normalized spacial score (nSPS) is 32.4. The summed E-state index contributed by atoms with van der Waals surface area (Å²) in [7, 11) is 0. The van der Waals surface area contributed by atoms with Gasteiger partial charge < -0.3 is 9.64 Å². The molecule has 1 aromatic rings. The van der Waals surface area contributed by atoms with E-state index in [9.17, 15) is 4.79 Å². The lowest BCUT2D eigenvalue weighted by molar-refractivity contribution is -0.143. The van der Waals surface area contributed by atoms with Crippen LogP contribution in [0.25, 0.3) is 0 Å². The highest BCUT2D eigenvalue weighted by Gasteiger charge is 2.45. The second-order valence-corrected chi connectivity index (χ2v) is 7.70. The second kappa shape index (κ2) is 6.26. The predicted molar refractivity (Wildman–Crippen MR) is 84.5 cm³/mol. The maximum atomic E-state index is 12.8. The molecular weight excluding hydrogens is 298 g/mol. The highest BCUT2D eigenvalue weighted by Crippen LogP contribution is 2.36. The van der Waals surface area contributed by atoms with Gasteiger partial charge in [-0.3, -0.25) is 9.69 Å². The first-order valence-electron chi connectivity index (χ1n) is 8.28. The summed E-state index contributed by atoms with van der Waals surface area (Å²) in [6.07, 6.45) is 4.18. The van der Waals surface area contributed by atoms with Gasteiger partial charge in [0.2, 0.25) is 5.91 Å². The topological polar surface area (TPSA) is 45.7 Å². The summed E-state index contributed by atoms with van der Waals surface area (Å²) in [5.74, 6) is 1.37. The van der Waals surface area contributed by atoms with Crippen molar-refractivity contribution in [3.8, 4) is 0 Å². The van der Waals surface area contributed by atoms with E-state index in [1.54, 1.807) is 11.3 Å². The number of ether oxygens (including phenoxy) is 1. The molecule has 4 rings (SSSR count). The zero-order valence-electron chi connectivity index (χ0n) is 12.8. The molecule has 3 fully saturated rings. The molecule has 5 nitrogen and oxygen atoms in total. The summed E-state index contributed by atoms with van der Waals surface area (Å²) in [6.45, 7) is 6.26. The van der Waals surface area contributed by atoms with Crippen LogP contribution < -0.4 is 0 Å². The Morgan fingerprint density at radius 1 is 1.32 bits per heavy atom. The van der Waals surface area contributed by atoms with Crippen molar-refractivity contribution in [1.82, 2.24) is 14.8 Å². The molecule has 0 spiro atoms. The number of thiazole rings is 1. The molecule has 3 aliphatic heterocycles. The summed E-state index contributed by atoms with van der Waals surface area (Å²) in [6, 6.07) is 0. The molecule has 0 aliphatic carbocycles. The Bertz CT molecular complexity index is 515. The van der Waals surface area contributed by atoms with Crippen LogP contribution in [0.15, 0.2) is 11.6 Å². The Labute approximate surface area is 135 Å². The molecule has 0 saturated carbocycles. The van der Waals surface area contributed by atoms with Crippen molar-refractivity contribution in [3.05, 3.63) is 16.6 Å². The van der Waals surface area contributed by atoms with Crippen LogP contribution in [0.1, 0.15) is 17.8 Å². The summed E-state index contributed by atoms with van der Waals surface area (Å²) >= 11 is 1.71. The molecule has 120 valence electrons. The van der Waals surface area contributed by atoms with Crippen LogP contribution in [-0.4, -0.2) is 60.1 Å². The number of hydrogen-bond donors (Lipinski definition) is 0. The van der Waals surface area contributed by atoms with E-state index < -0.39 is 0 Å². The van der Waals surface area contributed by atoms with Gasteiger partial charge in [0.05, 0.1) is 25.7 Å². The van der Waals surface area contributed by atoms with Gasteiger partial charge in [-0.15, -0.1) is 11.3 Å². The van der Waals surface area contributed by atoms with Crippen molar-refractivity contribution in [1.29, 1.82) is 0 Å². The number of amides is 1. The first-order chi connectivity index (χ1) is 10.8. The van der Waals surface area contributed by atoms with E-state index >= 15 is 0 Å². The minimum Gasteiger partial charge on any atom is -0.380 e. The van der Waals surface area contributed by atoms with Crippen LogP contribution in [0.4, 0.5) is 0 Å². The minimum absolute atomic E-state index is 0.0677. The first kappa shape index (κ1) is 14.6. The number of aromatic nitrogens is 1. The maximum Gasteiger partial charge on any atom is 0.228 e. The molecule has 0 unspecified atom stereocenters. The van der Waals surface area contributed by atoms with Gasteiger partial charge >= 0.3 is 0 Å². The Morgan fingerprint density at radius 2 is 2.18 bits per heavy atom. The molecule has 1 amide bonds. The zero-order valence-corrected chi connectivity index (χ0v) is 13.6. The summed E-state index contributed by atoms with van der Waals surface area (Å²) < 4.78 is 5.77. The van der Waals surface area contributed by atoms with Gasteiger partial charge in [-0.2, -0.15) is 0 Å². The molecule has 0 N–H and O–H groups in total. The Morgan fingerprint density at radius 3 is 2.95 bits per heavy atom. The molecule has 3 aliphatic rings. The molecule has 0 aromatic carbocycles. The van der Waals surface area contributed by atoms with Gasteiger partial charge in [-0.05, 0) is 24.7 Å². The largest absolute Gasteiger partial charge is 0.380 e. The van der Waals surface area contributed by atoms with Crippen LogP contribution in [0.3, 0.4) is 0 Å². The smallest absolute Gasteiger partial charge is 0.228 e. The van der Waals surface area contributed by atoms with E-state index in [1.807, 2.05) is 11.6 Å². The fourth-order valence-electron chi connectivity index (χ4n) is 4.17. The van der Waals surface area contributed by atoms with E-state index in [-0.39, 0.29) is 5.92 Å². The van der Waals surface area contributed by atoms with E-state index in [4.69, 9.17) is 4.74 Å². The fraction of sp³-hybridized carbons (Fsp3) is 0.750. The van der Waals surface area contributed by atoms with Gasteiger partial charge in [0.15, 0.2) is 0 Å². The van der Waals surface area contributed by atoms with Crippen LogP contribution >= 0.6 is 11.3 Å². The van der Waals surface area contributed by atoms with E-state index in [0.29, 0.717) is 24.3 Å². The number of carbonyl (C=O) groups is 1.